The molecule has 3 aromatic rings. The summed E-state index contributed by atoms with van der Waals surface area (Å²) in [5, 5.41) is 8.34. The van der Waals surface area contributed by atoms with Crippen LogP contribution in [-0.4, -0.2) is 40.8 Å². The molecule has 0 aliphatic rings. The van der Waals surface area contributed by atoms with Crippen molar-refractivity contribution >= 4 is 34.8 Å². The highest BCUT2D eigenvalue weighted by molar-refractivity contribution is 6.34. The third-order valence-corrected chi connectivity index (χ3v) is 4.78. The fraction of sp³-hybridized carbons (Fsp3) is 0.316. The molecule has 2 heterocycles. The van der Waals surface area contributed by atoms with E-state index in [1.165, 1.54) is 6.20 Å². The van der Waals surface area contributed by atoms with Gasteiger partial charge in [-0.1, -0.05) is 23.2 Å². The number of carbonyl (C=O) groups excluding carboxylic acids is 1. The van der Waals surface area contributed by atoms with Crippen LogP contribution >= 0.6 is 23.2 Å². The quantitative estimate of drug-likeness (QED) is 0.634. The number of nitrogens with zero attached hydrogens (tertiary/aromatic N) is 3. The molecule has 0 aliphatic carbocycles. The highest BCUT2D eigenvalue weighted by Crippen LogP contribution is 2.24. The summed E-state index contributed by atoms with van der Waals surface area (Å²) in [6.07, 6.45) is 2.16. The minimum atomic E-state index is -0.220. The van der Waals surface area contributed by atoms with Crippen LogP contribution in [-0.2, 0) is 11.2 Å². The molecule has 0 spiro atoms. The van der Waals surface area contributed by atoms with E-state index in [1.807, 2.05) is 26.0 Å². The molecule has 27 heavy (non-hydrogen) atoms. The van der Waals surface area contributed by atoms with Gasteiger partial charge in [0.25, 0.3) is 5.91 Å². The Labute approximate surface area is 167 Å². The smallest absolute Gasteiger partial charge is 0.256 e. The van der Waals surface area contributed by atoms with Crippen molar-refractivity contribution in [1.29, 1.82) is 0 Å². The number of rotatable bonds is 6. The summed E-state index contributed by atoms with van der Waals surface area (Å²) in [5.41, 5.74) is 4.74. The van der Waals surface area contributed by atoms with Gasteiger partial charge in [0.2, 0.25) is 0 Å². The van der Waals surface area contributed by atoms with Crippen LogP contribution in [0, 0.1) is 13.8 Å². The van der Waals surface area contributed by atoms with Crippen molar-refractivity contribution in [2.75, 3.05) is 20.3 Å². The van der Waals surface area contributed by atoms with Crippen molar-refractivity contribution < 1.29 is 9.53 Å². The van der Waals surface area contributed by atoms with Gasteiger partial charge in [-0.05, 0) is 43.2 Å². The molecular weight excluding hydrogens is 387 g/mol. The van der Waals surface area contributed by atoms with E-state index in [1.54, 1.807) is 17.7 Å². The number of amides is 1. The Morgan fingerprint density at radius 2 is 1.93 bits per heavy atom. The first-order valence-electron chi connectivity index (χ1n) is 8.46. The highest BCUT2D eigenvalue weighted by atomic mass is 35.5. The minimum absolute atomic E-state index is 0.220. The largest absolute Gasteiger partial charge is 0.383 e. The monoisotopic (exact) mass is 406 g/mol. The number of carbonyl (C=O) groups is 1. The molecule has 0 radical (unpaired) electrons. The lowest BCUT2D eigenvalue weighted by molar-refractivity contribution is 0.0938. The molecule has 8 heteroatoms. The summed E-state index contributed by atoms with van der Waals surface area (Å²) in [6, 6.07) is 5.47. The van der Waals surface area contributed by atoms with E-state index in [0.717, 1.165) is 22.5 Å². The number of nitrogens with one attached hydrogen (secondary N) is 1. The molecule has 2 aromatic heterocycles. The van der Waals surface area contributed by atoms with E-state index in [0.29, 0.717) is 40.8 Å². The molecule has 0 bridgehead atoms. The first kappa shape index (κ1) is 19.6. The number of aryl methyl sites for hydroxylation is 2. The van der Waals surface area contributed by atoms with Crippen molar-refractivity contribution in [2.24, 2.45) is 0 Å². The first-order valence-corrected chi connectivity index (χ1v) is 9.22. The van der Waals surface area contributed by atoms with Gasteiger partial charge in [0.1, 0.15) is 5.56 Å². The SMILES string of the molecule is COCCNC(=O)c1cnn2c(C)c(Cc3cc(Cl)cc(Cl)c3)c(C)nc12. The Balaban J connectivity index is 1.96. The van der Waals surface area contributed by atoms with E-state index in [9.17, 15) is 4.79 Å². The van der Waals surface area contributed by atoms with Gasteiger partial charge in [-0.3, -0.25) is 4.79 Å². The third kappa shape index (κ3) is 4.24. The molecule has 1 amide bonds. The van der Waals surface area contributed by atoms with Crippen LogP contribution < -0.4 is 5.32 Å². The number of halogens is 2. The zero-order valence-electron chi connectivity index (χ0n) is 15.3. The van der Waals surface area contributed by atoms with Gasteiger partial charge in [-0.25, -0.2) is 9.50 Å². The molecule has 0 unspecified atom stereocenters. The van der Waals surface area contributed by atoms with Crippen LogP contribution in [0.25, 0.3) is 5.65 Å². The Morgan fingerprint density at radius 1 is 1.22 bits per heavy atom. The maximum atomic E-state index is 12.4. The number of ether oxygens (including phenoxy) is 1. The van der Waals surface area contributed by atoms with E-state index in [4.69, 9.17) is 27.9 Å². The second-order valence-corrected chi connectivity index (χ2v) is 7.13. The number of fused-ring (bicyclic) bond motifs is 1. The molecule has 0 saturated heterocycles. The van der Waals surface area contributed by atoms with Crippen molar-refractivity contribution in [2.45, 2.75) is 20.3 Å². The normalized spacial score (nSPS) is 11.1. The van der Waals surface area contributed by atoms with Crippen molar-refractivity contribution in [3.05, 3.63) is 62.5 Å². The molecule has 142 valence electrons. The predicted molar refractivity (Wildman–Crippen MR) is 106 cm³/mol. The molecule has 3 rings (SSSR count). The first-order chi connectivity index (χ1) is 12.9. The summed E-state index contributed by atoms with van der Waals surface area (Å²) in [5.74, 6) is -0.220. The average molecular weight is 407 g/mol. The summed E-state index contributed by atoms with van der Waals surface area (Å²) in [6.45, 7) is 4.76. The molecule has 1 N–H and O–H groups in total. The summed E-state index contributed by atoms with van der Waals surface area (Å²) in [4.78, 5) is 17.0. The lowest BCUT2D eigenvalue weighted by Gasteiger charge is -2.12. The predicted octanol–water partition coefficient (Wildman–Crippen LogP) is 3.62. The highest BCUT2D eigenvalue weighted by Gasteiger charge is 2.18. The molecule has 0 fully saturated rings. The Kier molecular flexibility index (Phi) is 5.99. The fourth-order valence-electron chi connectivity index (χ4n) is 3.01. The molecule has 6 nitrogen and oxygen atoms in total. The topological polar surface area (TPSA) is 68.5 Å². The molecular formula is C19H20Cl2N4O2. The number of aromatic nitrogens is 3. The number of hydrogen-bond acceptors (Lipinski definition) is 4. The van der Waals surface area contributed by atoms with Crippen LogP contribution in [0.2, 0.25) is 10.0 Å². The van der Waals surface area contributed by atoms with Gasteiger partial charge in [0, 0.05) is 41.5 Å². The maximum Gasteiger partial charge on any atom is 0.256 e. The van der Waals surface area contributed by atoms with E-state index < -0.39 is 0 Å². The van der Waals surface area contributed by atoms with E-state index in [2.05, 4.69) is 15.4 Å². The number of methoxy groups -OCH3 is 1. The molecule has 1 aromatic carbocycles. The van der Waals surface area contributed by atoms with Gasteiger partial charge in [-0.15, -0.1) is 0 Å². The van der Waals surface area contributed by atoms with Gasteiger partial charge < -0.3 is 10.1 Å². The Morgan fingerprint density at radius 3 is 2.59 bits per heavy atom. The lowest BCUT2D eigenvalue weighted by atomic mass is 10.0. The molecule has 0 saturated carbocycles. The molecule has 0 aliphatic heterocycles. The van der Waals surface area contributed by atoms with E-state index >= 15 is 0 Å². The fourth-order valence-corrected chi connectivity index (χ4v) is 3.58. The lowest BCUT2D eigenvalue weighted by Crippen LogP contribution is -2.27. The Hall–Kier alpha value is -2.15. The summed E-state index contributed by atoms with van der Waals surface area (Å²) in [7, 11) is 1.59. The minimum Gasteiger partial charge on any atom is -0.383 e. The second-order valence-electron chi connectivity index (χ2n) is 6.26. The second kappa shape index (κ2) is 8.25. The van der Waals surface area contributed by atoms with Crippen LogP contribution in [0.1, 0.15) is 32.9 Å². The van der Waals surface area contributed by atoms with Gasteiger partial charge in [0.15, 0.2) is 5.65 Å². The van der Waals surface area contributed by atoms with Gasteiger partial charge in [0.05, 0.1) is 12.8 Å². The number of benzene rings is 1. The standard InChI is InChI=1S/C19H20Cl2N4O2/c1-11-16(8-13-6-14(20)9-15(21)7-13)12(2)25-18(24-11)17(10-23-25)19(26)22-4-5-27-3/h6-7,9-10H,4-5,8H2,1-3H3,(H,22,26). The summed E-state index contributed by atoms with van der Waals surface area (Å²) < 4.78 is 6.65. The zero-order valence-corrected chi connectivity index (χ0v) is 16.9. The third-order valence-electron chi connectivity index (χ3n) is 4.35. The van der Waals surface area contributed by atoms with Crippen molar-refractivity contribution in [3.63, 3.8) is 0 Å². The van der Waals surface area contributed by atoms with Crippen LogP contribution in [0.5, 0.6) is 0 Å². The van der Waals surface area contributed by atoms with Crippen LogP contribution in [0.15, 0.2) is 24.4 Å². The van der Waals surface area contributed by atoms with E-state index in [-0.39, 0.29) is 5.91 Å². The number of hydrogen-bond donors (Lipinski definition) is 1. The molecule has 0 atom stereocenters. The Bertz CT molecular complexity index is 981. The average Bonchev–Trinajstić information content (AvgIpc) is 3.02. The van der Waals surface area contributed by atoms with Gasteiger partial charge in [-0.2, -0.15) is 5.10 Å². The van der Waals surface area contributed by atoms with Crippen molar-refractivity contribution in [1.82, 2.24) is 19.9 Å². The van der Waals surface area contributed by atoms with Gasteiger partial charge >= 0.3 is 0 Å². The maximum absolute atomic E-state index is 12.4. The zero-order chi connectivity index (χ0) is 19.6. The van der Waals surface area contributed by atoms with Crippen LogP contribution in [0.4, 0.5) is 0 Å². The van der Waals surface area contributed by atoms with Crippen LogP contribution in [0.3, 0.4) is 0 Å². The van der Waals surface area contributed by atoms with Crippen molar-refractivity contribution in [3.8, 4) is 0 Å². The summed E-state index contributed by atoms with van der Waals surface area (Å²) >= 11 is 12.2.